The molecule has 0 fully saturated rings. The Morgan fingerprint density at radius 3 is 2.43 bits per heavy atom. The molecule has 2 rings (SSSR count). The first-order valence-electron chi connectivity index (χ1n) is 7.38. The van der Waals surface area contributed by atoms with Crippen LogP contribution in [0.3, 0.4) is 0 Å². The number of fused-ring (bicyclic) bond motifs is 1. The van der Waals surface area contributed by atoms with Crippen molar-refractivity contribution in [3.63, 3.8) is 0 Å². The SMILES string of the molecule is CC(C)NCC(O)COc1ccc(S(N)(=O)=O)c2ccccc12. The summed E-state index contributed by atoms with van der Waals surface area (Å²) in [7, 11) is -3.81. The number of aliphatic hydroxyl groups is 1. The fourth-order valence-electron chi connectivity index (χ4n) is 2.23. The quantitative estimate of drug-likeness (QED) is 0.705. The molecule has 0 heterocycles. The second-order valence-electron chi connectivity index (χ2n) is 5.68. The Hall–Kier alpha value is -1.67. The van der Waals surface area contributed by atoms with Crippen LogP contribution in [0.5, 0.6) is 5.75 Å². The lowest BCUT2D eigenvalue weighted by molar-refractivity contribution is 0.105. The average molecular weight is 338 g/mol. The number of sulfonamides is 1. The fraction of sp³-hybridized carbons (Fsp3) is 0.375. The Morgan fingerprint density at radius 2 is 1.83 bits per heavy atom. The van der Waals surface area contributed by atoms with Crippen LogP contribution in [0.2, 0.25) is 0 Å². The molecule has 4 N–H and O–H groups in total. The summed E-state index contributed by atoms with van der Waals surface area (Å²) >= 11 is 0. The van der Waals surface area contributed by atoms with E-state index in [-0.39, 0.29) is 17.5 Å². The normalized spacial score (nSPS) is 13.4. The number of hydrogen-bond acceptors (Lipinski definition) is 5. The van der Waals surface area contributed by atoms with Gasteiger partial charge in [0.1, 0.15) is 18.5 Å². The van der Waals surface area contributed by atoms with Gasteiger partial charge in [-0.1, -0.05) is 38.1 Å². The third kappa shape index (κ3) is 4.65. The molecular formula is C16H22N2O4S. The van der Waals surface area contributed by atoms with Crippen LogP contribution in [0, 0.1) is 0 Å². The summed E-state index contributed by atoms with van der Waals surface area (Å²) in [5, 5.41) is 19.4. The molecular weight excluding hydrogens is 316 g/mol. The number of benzene rings is 2. The van der Waals surface area contributed by atoms with E-state index in [4.69, 9.17) is 9.88 Å². The summed E-state index contributed by atoms with van der Waals surface area (Å²) in [5.41, 5.74) is 0. The van der Waals surface area contributed by atoms with Gasteiger partial charge in [-0.3, -0.25) is 0 Å². The first kappa shape index (κ1) is 17.7. The maximum Gasteiger partial charge on any atom is 0.238 e. The average Bonchev–Trinajstić information content (AvgIpc) is 2.49. The Bertz CT molecular complexity index is 775. The Balaban J connectivity index is 2.23. The Labute approximate surface area is 136 Å². The number of aliphatic hydroxyl groups excluding tert-OH is 1. The van der Waals surface area contributed by atoms with Crippen molar-refractivity contribution < 1.29 is 18.3 Å². The Kier molecular flexibility index (Phi) is 5.59. The predicted octanol–water partition coefficient (Wildman–Crippen LogP) is 1.22. The van der Waals surface area contributed by atoms with Crippen molar-refractivity contribution in [2.24, 2.45) is 5.14 Å². The number of hydrogen-bond donors (Lipinski definition) is 3. The van der Waals surface area contributed by atoms with Crippen LogP contribution in [0.1, 0.15) is 13.8 Å². The summed E-state index contributed by atoms with van der Waals surface area (Å²) in [5.74, 6) is 0.511. The van der Waals surface area contributed by atoms with E-state index in [1.54, 1.807) is 30.3 Å². The minimum absolute atomic E-state index is 0.0578. The van der Waals surface area contributed by atoms with Crippen LogP contribution in [0.25, 0.3) is 10.8 Å². The van der Waals surface area contributed by atoms with Gasteiger partial charge in [0, 0.05) is 23.4 Å². The standard InChI is InChI=1S/C16H22N2O4S/c1-11(2)18-9-12(19)10-22-15-7-8-16(23(17,20)21)14-6-4-3-5-13(14)15/h3-8,11-12,18-19H,9-10H2,1-2H3,(H2,17,20,21). The molecule has 0 aliphatic rings. The van der Waals surface area contributed by atoms with Gasteiger partial charge in [0.05, 0.1) is 4.90 Å². The fourth-order valence-corrected chi connectivity index (χ4v) is 2.98. The summed E-state index contributed by atoms with van der Waals surface area (Å²) in [6.45, 7) is 4.52. The van der Waals surface area contributed by atoms with Gasteiger partial charge >= 0.3 is 0 Å². The molecule has 6 nitrogen and oxygen atoms in total. The molecule has 2 aromatic carbocycles. The Morgan fingerprint density at radius 1 is 1.17 bits per heavy atom. The van der Waals surface area contributed by atoms with Crippen molar-refractivity contribution in [2.45, 2.75) is 30.9 Å². The second-order valence-corrected chi connectivity index (χ2v) is 7.21. The molecule has 0 spiro atoms. The van der Waals surface area contributed by atoms with Crippen LogP contribution >= 0.6 is 0 Å². The van der Waals surface area contributed by atoms with Crippen molar-refractivity contribution in [3.8, 4) is 5.75 Å². The van der Waals surface area contributed by atoms with Gasteiger partial charge in [-0.05, 0) is 12.1 Å². The van der Waals surface area contributed by atoms with Crippen molar-refractivity contribution in [3.05, 3.63) is 36.4 Å². The molecule has 2 aromatic rings. The van der Waals surface area contributed by atoms with Gasteiger partial charge in [-0.15, -0.1) is 0 Å². The molecule has 0 aliphatic carbocycles. The maximum absolute atomic E-state index is 11.7. The second kappa shape index (κ2) is 7.27. The number of nitrogens with one attached hydrogen (secondary N) is 1. The van der Waals surface area contributed by atoms with Crippen LogP contribution in [-0.4, -0.2) is 38.8 Å². The molecule has 23 heavy (non-hydrogen) atoms. The van der Waals surface area contributed by atoms with Crippen LogP contribution in [-0.2, 0) is 10.0 Å². The molecule has 0 bridgehead atoms. The van der Waals surface area contributed by atoms with E-state index in [9.17, 15) is 13.5 Å². The smallest absolute Gasteiger partial charge is 0.238 e. The van der Waals surface area contributed by atoms with E-state index in [0.29, 0.717) is 23.1 Å². The lowest BCUT2D eigenvalue weighted by Gasteiger charge is -2.16. The van der Waals surface area contributed by atoms with Gasteiger partial charge < -0.3 is 15.2 Å². The van der Waals surface area contributed by atoms with E-state index in [2.05, 4.69) is 5.32 Å². The summed E-state index contributed by atoms with van der Waals surface area (Å²) in [6.07, 6.45) is -0.658. The van der Waals surface area contributed by atoms with E-state index < -0.39 is 16.1 Å². The predicted molar refractivity (Wildman–Crippen MR) is 90.0 cm³/mol. The van der Waals surface area contributed by atoms with Crippen molar-refractivity contribution in [1.29, 1.82) is 0 Å². The largest absolute Gasteiger partial charge is 0.490 e. The first-order chi connectivity index (χ1) is 10.8. The van der Waals surface area contributed by atoms with Gasteiger partial charge in [0.15, 0.2) is 0 Å². The van der Waals surface area contributed by atoms with Crippen molar-refractivity contribution >= 4 is 20.8 Å². The minimum Gasteiger partial charge on any atom is -0.490 e. The number of primary sulfonamides is 1. The molecule has 1 atom stereocenters. The lowest BCUT2D eigenvalue weighted by atomic mass is 10.1. The number of nitrogens with two attached hydrogens (primary N) is 1. The monoisotopic (exact) mass is 338 g/mol. The molecule has 0 radical (unpaired) electrons. The zero-order chi connectivity index (χ0) is 17.0. The van der Waals surface area contributed by atoms with E-state index in [0.717, 1.165) is 0 Å². The highest BCUT2D eigenvalue weighted by Crippen LogP contribution is 2.30. The maximum atomic E-state index is 11.7. The zero-order valence-electron chi connectivity index (χ0n) is 13.2. The molecule has 1 unspecified atom stereocenters. The highest BCUT2D eigenvalue weighted by molar-refractivity contribution is 7.89. The number of rotatable bonds is 7. The van der Waals surface area contributed by atoms with Crippen LogP contribution in [0.15, 0.2) is 41.3 Å². The zero-order valence-corrected chi connectivity index (χ0v) is 14.0. The molecule has 126 valence electrons. The topological polar surface area (TPSA) is 102 Å². The minimum atomic E-state index is -3.81. The third-order valence-electron chi connectivity index (χ3n) is 3.34. The van der Waals surface area contributed by atoms with Gasteiger partial charge in [0.2, 0.25) is 10.0 Å². The first-order valence-corrected chi connectivity index (χ1v) is 8.92. The molecule has 0 amide bonds. The highest BCUT2D eigenvalue weighted by Gasteiger charge is 2.15. The molecule has 0 saturated heterocycles. The van der Waals surface area contributed by atoms with E-state index in [1.165, 1.54) is 6.07 Å². The van der Waals surface area contributed by atoms with Gasteiger partial charge in [0.25, 0.3) is 0 Å². The number of ether oxygens (including phenoxy) is 1. The van der Waals surface area contributed by atoms with Crippen LogP contribution < -0.4 is 15.2 Å². The lowest BCUT2D eigenvalue weighted by Crippen LogP contribution is -2.35. The molecule has 0 aliphatic heterocycles. The summed E-state index contributed by atoms with van der Waals surface area (Å²) < 4.78 is 29.0. The van der Waals surface area contributed by atoms with Crippen molar-refractivity contribution in [2.75, 3.05) is 13.2 Å². The van der Waals surface area contributed by atoms with Gasteiger partial charge in [-0.25, -0.2) is 13.6 Å². The van der Waals surface area contributed by atoms with Crippen molar-refractivity contribution in [1.82, 2.24) is 5.32 Å². The van der Waals surface area contributed by atoms with Gasteiger partial charge in [-0.2, -0.15) is 0 Å². The molecule has 0 aromatic heterocycles. The highest BCUT2D eigenvalue weighted by atomic mass is 32.2. The van der Waals surface area contributed by atoms with E-state index in [1.807, 2.05) is 13.8 Å². The third-order valence-corrected chi connectivity index (χ3v) is 4.31. The van der Waals surface area contributed by atoms with E-state index >= 15 is 0 Å². The van der Waals surface area contributed by atoms with Crippen LogP contribution in [0.4, 0.5) is 0 Å². The summed E-state index contributed by atoms with van der Waals surface area (Å²) in [4.78, 5) is 0.0578. The summed E-state index contributed by atoms with van der Waals surface area (Å²) in [6, 6.07) is 10.2. The molecule has 7 heteroatoms. The molecule has 0 saturated carbocycles.